The van der Waals surface area contributed by atoms with Crippen LogP contribution in [-0.2, 0) is 16.6 Å². The third-order valence-electron chi connectivity index (χ3n) is 5.87. The number of nitrogens with one attached hydrogen (secondary N) is 1. The molecule has 1 saturated carbocycles. The van der Waals surface area contributed by atoms with Gasteiger partial charge in [-0.05, 0) is 72.7 Å². The van der Waals surface area contributed by atoms with E-state index in [1.54, 1.807) is 6.20 Å². The van der Waals surface area contributed by atoms with Gasteiger partial charge in [-0.25, -0.2) is 0 Å². The number of unbranched alkanes of at least 4 members (excludes halogenated alkanes) is 1. The third kappa shape index (κ3) is 4.53. The number of carbonyl (C=O) groups excluding carboxylic acids is 1. The quantitative estimate of drug-likeness (QED) is 0.449. The summed E-state index contributed by atoms with van der Waals surface area (Å²) >= 11 is 12.5. The molecule has 2 aromatic carbocycles. The Bertz CT molecular complexity index is 977. The van der Waals surface area contributed by atoms with Gasteiger partial charge in [0.2, 0.25) is 5.91 Å². The molecule has 0 bridgehead atoms. The Morgan fingerprint density at radius 2 is 1.70 bits per heavy atom. The first-order valence-corrected chi connectivity index (χ1v) is 11.0. The summed E-state index contributed by atoms with van der Waals surface area (Å²) in [5.41, 5.74) is 2.99. The topological polar surface area (TPSA) is 42.0 Å². The zero-order valence-electron chi connectivity index (χ0n) is 16.7. The minimum Gasteiger partial charge on any atom is -0.356 e. The van der Waals surface area contributed by atoms with Crippen molar-refractivity contribution in [3.8, 4) is 0 Å². The Hall–Kier alpha value is -2.36. The van der Waals surface area contributed by atoms with E-state index in [9.17, 15) is 4.79 Å². The number of aromatic nitrogens is 1. The molecule has 1 N–H and O–H groups in total. The molecular weight excluding hydrogens is 415 g/mol. The maximum Gasteiger partial charge on any atom is 0.224 e. The number of amides is 1. The van der Waals surface area contributed by atoms with E-state index in [1.165, 1.54) is 5.56 Å². The monoisotopic (exact) mass is 438 g/mol. The summed E-state index contributed by atoms with van der Waals surface area (Å²) < 4.78 is 0. The Labute approximate surface area is 187 Å². The van der Waals surface area contributed by atoms with Gasteiger partial charge in [-0.2, -0.15) is 0 Å². The van der Waals surface area contributed by atoms with E-state index in [0.717, 1.165) is 36.8 Å². The fourth-order valence-electron chi connectivity index (χ4n) is 4.25. The number of nitrogens with zero attached hydrogens (tertiary/aromatic N) is 1. The summed E-state index contributed by atoms with van der Waals surface area (Å²) in [6.45, 7) is 0.677. The summed E-state index contributed by atoms with van der Waals surface area (Å²) in [5.74, 6) is -0.0240. The first kappa shape index (κ1) is 20.9. The summed E-state index contributed by atoms with van der Waals surface area (Å²) in [6, 6.07) is 19.7. The van der Waals surface area contributed by atoms with E-state index < -0.39 is 0 Å². The first-order valence-electron chi connectivity index (χ1n) is 10.3. The zero-order valence-corrected chi connectivity index (χ0v) is 18.2. The Balaban J connectivity index is 1.41. The van der Waals surface area contributed by atoms with Gasteiger partial charge >= 0.3 is 0 Å². The number of pyridine rings is 1. The van der Waals surface area contributed by atoms with Gasteiger partial charge in [-0.15, -0.1) is 0 Å². The molecule has 4 rings (SSSR count). The highest BCUT2D eigenvalue weighted by Crippen LogP contribution is 2.59. The van der Waals surface area contributed by atoms with Crippen LogP contribution in [-0.4, -0.2) is 17.4 Å². The van der Waals surface area contributed by atoms with Crippen molar-refractivity contribution < 1.29 is 4.79 Å². The van der Waals surface area contributed by atoms with Crippen LogP contribution in [0.25, 0.3) is 0 Å². The summed E-state index contributed by atoms with van der Waals surface area (Å²) in [6.07, 6.45) is 7.37. The van der Waals surface area contributed by atoms with Gasteiger partial charge in [0.15, 0.2) is 0 Å². The number of hydrogen-bond donors (Lipinski definition) is 1. The molecule has 0 unspecified atom stereocenters. The van der Waals surface area contributed by atoms with Crippen LogP contribution in [0, 0.1) is 5.92 Å². The number of hydrogen-bond acceptors (Lipinski definition) is 2. The van der Waals surface area contributed by atoms with E-state index >= 15 is 0 Å². The van der Waals surface area contributed by atoms with Gasteiger partial charge in [0.05, 0.1) is 5.92 Å². The smallest absolute Gasteiger partial charge is 0.224 e. The van der Waals surface area contributed by atoms with Crippen molar-refractivity contribution in [1.29, 1.82) is 0 Å². The molecule has 5 heteroatoms. The van der Waals surface area contributed by atoms with E-state index in [1.807, 2.05) is 60.8 Å². The van der Waals surface area contributed by atoms with Crippen molar-refractivity contribution in [2.45, 2.75) is 31.1 Å². The maximum absolute atomic E-state index is 13.0. The molecular formula is C25H24Cl2N2O. The van der Waals surface area contributed by atoms with Crippen molar-refractivity contribution in [3.63, 3.8) is 0 Å². The molecule has 0 spiro atoms. The van der Waals surface area contributed by atoms with Gasteiger partial charge in [0, 0.05) is 34.4 Å². The molecule has 1 aliphatic carbocycles. The molecule has 1 aromatic heterocycles. The highest BCUT2D eigenvalue weighted by Gasteiger charge is 2.60. The van der Waals surface area contributed by atoms with Crippen LogP contribution in [0.2, 0.25) is 10.0 Å². The third-order valence-corrected chi connectivity index (χ3v) is 6.34. The Morgan fingerprint density at radius 3 is 2.30 bits per heavy atom. The maximum atomic E-state index is 13.0. The molecule has 1 aliphatic rings. The largest absolute Gasteiger partial charge is 0.356 e. The first-order chi connectivity index (χ1) is 14.6. The number of rotatable bonds is 8. The van der Waals surface area contributed by atoms with Crippen molar-refractivity contribution in [3.05, 3.63) is 99.8 Å². The lowest BCUT2D eigenvalue weighted by molar-refractivity contribution is -0.122. The fourth-order valence-corrected chi connectivity index (χ4v) is 4.63. The standard InChI is InChI=1S/C25H24Cl2N2O/c26-21-10-3-8-19(14-21)25(20-9-4-11-22(27)15-20)16-23(25)24(30)29-13-2-1-6-18-7-5-12-28-17-18/h3-5,7-12,14-15,17,23H,1-2,6,13,16H2,(H,29,30)/t23-/m1/s1. The lowest BCUT2D eigenvalue weighted by atomic mass is 9.85. The average Bonchev–Trinajstić information content (AvgIpc) is 3.51. The second-order valence-electron chi connectivity index (χ2n) is 7.86. The Kier molecular flexibility index (Phi) is 6.40. The highest BCUT2D eigenvalue weighted by molar-refractivity contribution is 6.31. The second-order valence-corrected chi connectivity index (χ2v) is 8.73. The van der Waals surface area contributed by atoms with Crippen LogP contribution >= 0.6 is 23.2 Å². The lowest BCUT2D eigenvalue weighted by Gasteiger charge is -2.19. The molecule has 3 nitrogen and oxygen atoms in total. The van der Waals surface area contributed by atoms with Gasteiger partial charge in [-0.1, -0.05) is 53.5 Å². The average molecular weight is 439 g/mol. The number of aryl methyl sites for hydroxylation is 1. The summed E-state index contributed by atoms with van der Waals surface area (Å²) in [4.78, 5) is 17.1. The molecule has 30 heavy (non-hydrogen) atoms. The highest BCUT2D eigenvalue weighted by atomic mass is 35.5. The van der Waals surface area contributed by atoms with Crippen molar-refractivity contribution in [1.82, 2.24) is 10.3 Å². The van der Waals surface area contributed by atoms with Crippen LogP contribution in [0.15, 0.2) is 73.1 Å². The van der Waals surface area contributed by atoms with E-state index in [2.05, 4.69) is 16.4 Å². The molecule has 154 valence electrons. The second kappa shape index (κ2) is 9.20. The van der Waals surface area contributed by atoms with Crippen molar-refractivity contribution >= 4 is 29.1 Å². The van der Waals surface area contributed by atoms with Gasteiger partial charge in [-0.3, -0.25) is 9.78 Å². The molecule has 1 atom stereocenters. The molecule has 1 heterocycles. The zero-order chi connectivity index (χ0) is 21.0. The molecule has 0 aliphatic heterocycles. The van der Waals surface area contributed by atoms with Gasteiger partial charge < -0.3 is 5.32 Å². The molecule has 3 aromatic rings. The minimum absolute atomic E-state index is 0.0938. The summed E-state index contributed by atoms with van der Waals surface area (Å²) in [5, 5.41) is 4.49. The molecule has 1 amide bonds. The summed E-state index contributed by atoms with van der Waals surface area (Å²) in [7, 11) is 0. The van der Waals surface area contributed by atoms with Gasteiger partial charge in [0.25, 0.3) is 0 Å². The number of halogens is 2. The van der Waals surface area contributed by atoms with Crippen molar-refractivity contribution in [2.24, 2.45) is 5.92 Å². The van der Waals surface area contributed by atoms with Crippen LogP contribution in [0.5, 0.6) is 0 Å². The van der Waals surface area contributed by atoms with Crippen LogP contribution in [0.1, 0.15) is 36.0 Å². The van der Waals surface area contributed by atoms with Crippen LogP contribution in [0.4, 0.5) is 0 Å². The van der Waals surface area contributed by atoms with E-state index in [4.69, 9.17) is 23.2 Å². The van der Waals surface area contributed by atoms with Gasteiger partial charge in [0.1, 0.15) is 0 Å². The van der Waals surface area contributed by atoms with E-state index in [0.29, 0.717) is 16.6 Å². The molecule has 0 radical (unpaired) electrons. The SMILES string of the molecule is O=C(NCCCCc1cccnc1)[C@H]1CC1(c1cccc(Cl)c1)c1cccc(Cl)c1. The fraction of sp³-hybridized carbons (Fsp3) is 0.280. The van der Waals surface area contributed by atoms with E-state index in [-0.39, 0.29) is 17.2 Å². The number of carbonyl (C=O) groups is 1. The molecule has 1 fully saturated rings. The normalized spacial score (nSPS) is 16.8. The lowest BCUT2D eigenvalue weighted by Crippen LogP contribution is -2.30. The van der Waals surface area contributed by atoms with Crippen molar-refractivity contribution in [2.75, 3.05) is 6.54 Å². The molecule has 0 saturated heterocycles. The Morgan fingerprint density at radius 1 is 1.00 bits per heavy atom. The van der Waals surface area contributed by atoms with Crippen LogP contribution < -0.4 is 5.32 Å². The minimum atomic E-state index is -0.365. The van der Waals surface area contributed by atoms with Crippen LogP contribution in [0.3, 0.4) is 0 Å². The predicted octanol–water partition coefficient (Wildman–Crippen LogP) is 5.83. The predicted molar refractivity (Wildman–Crippen MR) is 122 cm³/mol. The number of benzene rings is 2.